The molecule has 1 aromatic carbocycles. The van der Waals surface area contributed by atoms with Gasteiger partial charge in [0.2, 0.25) is 0 Å². The van der Waals surface area contributed by atoms with Crippen LogP contribution in [0.15, 0.2) is 30.3 Å². The molecule has 2 aliphatic rings. The SMILES string of the molecule is Cc1nn(C)c2nc(C3CC3)cc(C(=O)NCc3cccc(C(=O)N4CCCCC4)c3)c12. The quantitative estimate of drug-likeness (QED) is 0.668. The Bertz CT molecular complexity index is 1190. The van der Waals surface area contributed by atoms with Crippen molar-refractivity contribution in [3.63, 3.8) is 0 Å². The Hall–Kier alpha value is -3.22. The molecule has 0 atom stereocenters. The predicted octanol–water partition coefficient (Wildman–Crippen LogP) is 3.71. The number of rotatable bonds is 5. The number of nitrogens with one attached hydrogen (secondary N) is 1. The highest BCUT2D eigenvalue weighted by atomic mass is 16.2. The maximum Gasteiger partial charge on any atom is 0.253 e. The zero-order valence-corrected chi connectivity index (χ0v) is 18.7. The molecular formula is C25H29N5O2. The molecule has 1 aliphatic carbocycles. The number of piperidine rings is 1. The fourth-order valence-corrected chi connectivity index (χ4v) is 4.60. The first-order chi connectivity index (χ1) is 15.5. The van der Waals surface area contributed by atoms with E-state index in [0.717, 1.165) is 66.8 Å². The summed E-state index contributed by atoms with van der Waals surface area (Å²) in [4.78, 5) is 32.7. The van der Waals surface area contributed by atoms with E-state index in [4.69, 9.17) is 4.98 Å². The van der Waals surface area contributed by atoms with E-state index in [0.29, 0.717) is 23.6 Å². The normalized spacial score (nSPS) is 16.4. The lowest BCUT2D eigenvalue weighted by Crippen LogP contribution is -2.35. The lowest BCUT2D eigenvalue weighted by atomic mass is 10.1. The van der Waals surface area contributed by atoms with Gasteiger partial charge in [-0.3, -0.25) is 14.3 Å². The molecule has 0 bridgehead atoms. The second kappa shape index (κ2) is 8.37. The summed E-state index contributed by atoms with van der Waals surface area (Å²) in [6.45, 7) is 3.92. The monoisotopic (exact) mass is 431 g/mol. The van der Waals surface area contributed by atoms with Crippen LogP contribution in [0, 0.1) is 6.92 Å². The van der Waals surface area contributed by atoms with E-state index in [9.17, 15) is 9.59 Å². The Balaban J connectivity index is 1.35. The van der Waals surface area contributed by atoms with Gasteiger partial charge in [-0.25, -0.2) is 4.98 Å². The second-order valence-electron chi connectivity index (χ2n) is 9.01. The molecule has 2 fully saturated rings. The summed E-state index contributed by atoms with van der Waals surface area (Å²) in [7, 11) is 1.87. The van der Waals surface area contributed by atoms with E-state index < -0.39 is 0 Å². The van der Waals surface area contributed by atoms with Crippen LogP contribution >= 0.6 is 0 Å². The van der Waals surface area contributed by atoms with Gasteiger partial charge in [-0.05, 0) is 62.8 Å². The summed E-state index contributed by atoms with van der Waals surface area (Å²) in [6.07, 6.45) is 5.57. The number of nitrogens with zero attached hydrogens (tertiary/aromatic N) is 4. The minimum Gasteiger partial charge on any atom is -0.348 e. The van der Waals surface area contributed by atoms with Crippen LogP contribution in [0.4, 0.5) is 0 Å². The topological polar surface area (TPSA) is 80.1 Å². The lowest BCUT2D eigenvalue weighted by molar-refractivity contribution is 0.0724. The van der Waals surface area contributed by atoms with E-state index in [1.165, 1.54) is 6.42 Å². The number of carbonyl (C=O) groups is 2. The third kappa shape index (κ3) is 3.99. The zero-order chi connectivity index (χ0) is 22.2. The largest absolute Gasteiger partial charge is 0.348 e. The summed E-state index contributed by atoms with van der Waals surface area (Å²) in [6, 6.07) is 9.51. The summed E-state index contributed by atoms with van der Waals surface area (Å²) in [5.74, 6) is 0.385. The molecule has 1 saturated heterocycles. The van der Waals surface area contributed by atoms with Gasteiger partial charge >= 0.3 is 0 Å². The minimum atomic E-state index is -0.136. The number of aromatic nitrogens is 3. The number of fused-ring (bicyclic) bond motifs is 1. The Kier molecular flexibility index (Phi) is 5.41. The van der Waals surface area contributed by atoms with Crippen molar-refractivity contribution in [1.82, 2.24) is 25.0 Å². The van der Waals surface area contributed by atoms with Crippen molar-refractivity contribution in [3.8, 4) is 0 Å². The van der Waals surface area contributed by atoms with Crippen LogP contribution in [0.2, 0.25) is 0 Å². The van der Waals surface area contributed by atoms with Crippen LogP contribution in [-0.2, 0) is 13.6 Å². The van der Waals surface area contributed by atoms with Gasteiger partial charge in [0.1, 0.15) is 0 Å². The van der Waals surface area contributed by atoms with Crippen molar-refractivity contribution >= 4 is 22.8 Å². The molecule has 3 aromatic rings. The van der Waals surface area contributed by atoms with Crippen molar-refractivity contribution in [2.24, 2.45) is 7.05 Å². The Morgan fingerprint density at radius 1 is 1.12 bits per heavy atom. The molecule has 1 aliphatic heterocycles. The van der Waals surface area contributed by atoms with E-state index in [1.54, 1.807) is 4.68 Å². The van der Waals surface area contributed by atoms with Crippen LogP contribution in [0.3, 0.4) is 0 Å². The highest BCUT2D eigenvalue weighted by molar-refractivity contribution is 6.06. The second-order valence-corrected chi connectivity index (χ2v) is 9.01. The number of hydrogen-bond donors (Lipinski definition) is 1. The smallest absolute Gasteiger partial charge is 0.253 e. The van der Waals surface area contributed by atoms with Crippen LogP contribution in [0.5, 0.6) is 0 Å². The molecule has 2 amide bonds. The number of aryl methyl sites for hydroxylation is 2. The standard InChI is InChI=1S/C25H29N5O2/c1-16-22-20(14-21(18-9-10-18)27-23(22)29(2)28-16)24(31)26-15-17-7-6-8-19(13-17)25(32)30-11-4-3-5-12-30/h6-8,13-14,18H,3-5,9-12,15H2,1-2H3,(H,26,31). The summed E-state index contributed by atoms with van der Waals surface area (Å²) in [5, 5.41) is 8.34. The predicted molar refractivity (Wildman–Crippen MR) is 123 cm³/mol. The van der Waals surface area contributed by atoms with Crippen molar-refractivity contribution in [2.45, 2.75) is 51.5 Å². The van der Waals surface area contributed by atoms with Crippen LogP contribution in [0.1, 0.15) is 75.7 Å². The summed E-state index contributed by atoms with van der Waals surface area (Å²) >= 11 is 0. The third-order valence-electron chi connectivity index (χ3n) is 6.50. The van der Waals surface area contributed by atoms with Crippen molar-refractivity contribution in [3.05, 3.63) is 58.4 Å². The van der Waals surface area contributed by atoms with Crippen molar-refractivity contribution < 1.29 is 9.59 Å². The van der Waals surface area contributed by atoms with Gasteiger partial charge in [0, 0.05) is 43.9 Å². The molecule has 0 radical (unpaired) electrons. The van der Waals surface area contributed by atoms with Gasteiger partial charge in [-0.15, -0.1) is 0 Å². The van der Waals surface area contributed by atoms with Gasteiger partial charge < -0.3 is 10.2 Å². The van der Waals surface area contributed by atoms with Gasteiger partial charge in [-0.2, -0.15) is 5.10 Å². The molecular weight excluding hydrogens is 402 g/mol. The van der Waals surface area contributed by atoms with Gasteiger partial charge in [0.05, 0.1) is 16.6 Å². The Morgan fingerprint density at radius 3 is 2.66 bits per heavy atom. The number of hydrogen-bond acceptors (Lipinski definition) is 4. The average Bonchev–Trinajstić information content (AvgIpc) is 3.63. The van der Waals surface area contributed by atoms with E-state index in [2.05, 4.69) is 10.4 Å². The molecule has 0 spiro atoms. The van der Waals surface area contributed by atoms with Gasteiger partial charge in [0.25, 0.3) is 11.8 Å². The number of likely N-dealkylation sites (tertiary alicyclic amines) is 1. The van der Waals surface area contributed by atoms with E-state index in [-0.39, 0.29) is 11.8 Å². The van der Waals surface area contributed by atoms with Crippen molar-refractivity contribution in [1.29, 1.82) is 0 Å². The highest BCUT2D eigenvalue weighted by Crippen LogP contribution is 2.40. The molecule has 1 N–H and O–H groups in total. The average molecular weight is 432 g/mol. The Labute approximate surface area is 187 Å². The molecule has 2 aromatic heterocycles. The van der Waals surface area contributed by atoms with E-state index >= 15 is 0 Å². The number of carbonyl (C=O) groups excluding carboxylic acids is 2. The third-order valence-corrected chi connectivity index (χ3v) is 6.50. The molecule has 32 heavy (non-hydrogen) atoms. The molecule has 7 heteroatoms. The number of benzene rings is 1. The molecule has 166 valence electrons. The molecule has 0 unspecified atom stereocenters. The van der Waals surface area contributed by atoms with E-state index in [1.807, 2.05) is 49.2 Å². The molecule has 3 heterocycles. The number of pyridine rings is 1. The molecule has 5 rings (SSSR count). The number of amides is 2. The van der Waals surface area contributed by atoms with Crippen LogP contribution < -0.4 is 5.32 Å². The maximum absolute atomic E-state index is 13.2. The lowest BCUT2D eigenvalue weighted by Gasteiger charge is -2.26. The summed E-state index contributed by atoms with van der Waals surface area (Å²) in [5.41, 5.74) is 4.76. The van der Waals surface area contributed by atoms with Gasteiger partial charge in [0.15, 0.2) is 5.65 Å². The van der Waals surface area contributed by atoms with Crippen LogP contribution in [-0.4, -0.2) is 44.6 Å². The first kappa shape index (κ1) is 20.7. The first-order valence-electron chi connectivity index (χ1n) is 11.5. The fourth-order valence-electron chi connectivity index (χ4n) is 4.60. The molecule has 1 saturated carbocycles. The zero-order valence-electron chi connectivity index (χ0n) is 18.7. The summed E-state index contributed by atoms with van der Waals surface area (Å²) < 4.78 is 1.75. The Morgan fingerprint density at radius 2 is 1.91 bits per heavy atom. The first-order valence-corrected chi connectivity index (χ1v) is 11.5. The van der Waals surface area contributed by atoms with Crippen LogP contribution in [0.25, 0.3) is 11.0 Å². The van der Waals surface area contributed by atoms with Gasteiger partial charge in [-0.1, -0.05) is 12.1 Å². The maximum atomic E-state index is 13.2. The highest BCUT2D eigenvalue weighted by Gasteiger charge is 2.28. The minimum absolute atomic E-state index is 0.0776. The fraction of sp³-hybridized carbons (Fsp3) is 0.440. The van der Waals surface area contributed by atoms with Crippen molar-refractivity contribution in [2.75, 3.05) is 13.1 Å². The molecule has 7 nitrogen and oxygen atoms in total.